The minimum absolute atomic E-state index is 0.367. The van der Waals surface area contributed by atoms with Crippen LogP contribution in [0, 0.1) is 6.92 Å². The summed E-state index contributed by atoms with van der Waals surface area (Å²) in [7, 11) is -0.413. The molecule has 2 heterocycles. The second-order valence-electron chi connectivity index (χ2n) is 8.06. The Bertz CT molecular complexity index is 948. The zero-order chi connectivity index (χ0) is 18.5. The van der Waals surface area contributed by atoms with Crippen molar-refractivity contribution >= 4 is 23.5 Å². The molecule has 26 heavy (non-hydrogen) atoms. The summed E-state index contributed by atoms with van der Waals surface area (Å²) in [6, 6.07) is 16.9. The van der Waals surface area contributed by atoms with Gasteiger partial charge in [0.1, 0.15) is 0 Å². The molecule has 0 spiro atoms. The van der Waals surface area contributed by atoms with Crippen molar-refractivity contribution in [3.8, 4) is 11.1 Å². The first-order chi connectivity index (χ1) is 12.3. The lowest BCUT2D eigenvalue weighted by molar-refractivity contribution is 0.00578. The highest BCUT2D eigenvalue weighted by molar-refractivity contribution is 6.65. The summed E-state index contributed by atoms with van der Waals surface area (Å²) in [5.41, 5.74) is 4.80. The largest absolute Gasteiger partial charge is 0.497 e. The molecule has 0 saturated carbocycles. The van der Waals surface area contributed by atoms with E-state index < -0.39 is 7.12 Å². The van der Waals surface area contributed by atoms with Crippen molar-refractivity contribution in [3.63, 3.8) is 0 Å². The van der Waals surface area contributed by atoms with Crippen LogP contribution in [0.15, 0.2) is 54.7 Å². The number of rotatable bonds is 2. The summed E-state index contributed by atoms with van der Waals surface area (Å²) in [6.45, 7) is 10.4. The average Bonchev–Trinajstić information content (AvgIpc) is 2.82. The summed E-state index contributed by atoms with van der Waals surface area (Å²) in [5.74, 6) is 0. The molecule has 132 valence electrons. The second kappa shape index (κ2) is 5.93. The van der Waals surface area contributed by atoms with E-state index in [0.717, 1.165) is 16.4 Å². The Hall–Kier alpha value is -2.17. The van der Waals surface area contributed by atoms with Gasteiger partial charge in [0.2, 0.25) is 0 Å². The lowest BCUT2D eigenvalue weighted by Crippen LogP contribution is -2.41. The van der Waals surface area contributed by atoms with Gasteiger partial charge in [0, 0.05) is 17.0 Å². The molecule has 1 fully saturated rings. The first kappa shape index (κ1) is 17.3. The van der Waals surface area contributed by atoms with Crippen molar-refractivity contribution < 1.29 is 9.31 Å². The molecule has 3 nitrogen and oxygen atoms in total. The van der Waals surface area contributed by atoms with Gasteiger partial charge in [-0.2, -0.15) is 0 Å². The van der Waals surface area contributed by atoms with E-state index in [1.807, 2.05) is 12.3 Å². The fourth-order valence-electron chi connectivity index (χ4n) is 3.34. The van der Waals surface area contributed by atoms with E-state index in [2.05, 4.69) is 82.1 Å². The molecular formula is C22H24BNO2. The Morgan fingerprint density at radius 3 is 2.15 bits per heavy atom. The van der Waals surface area contributed by atoms with Crippen LogP contribution in [-0.2, 0) is 9.31 Å². The van der Waals surface area contributed by atoms with Gasteiger partial charge in [-0.3, -0.25) is 4.98 Å². The molecule has 1 aliphatic heterocycles. The number of aryl methyl sites for hydroxylation is 1. The SMILES string of the molecule is Cc1ccc(-c2ccc(B3OC(C)(C)C(C)(C)O3)c3ncccc23)cc1. The van der Waals surface area contributed by atoms with Crippen molar-refractivity contribution in [2.75, 3.05) is 0 Å². The number of aromatic nitrogens is 1. The maximum atomic E-state index is 6.26. The summed E-state index contributed by atoms with van der Waals surface area (Å²) in [6.07, 6.45) is 1.83. The van der Waals surface area contributed by atoms with E-state index in [0.29, 0.717) is 0 Å². The van der Waals surface area contributed by atoms with Gasteiger partial charge in [0.05, 0.1) is 16.7 Å². The highest BCUT2D eigenvalue weighted by Crippen LogP contribution is 2.37. The molecule has 1 aromatic heterocycles. The number of fused-ring (bicyclic) bond motifs is 1. The maximum Gasteiger partial charge on any atom is 0.497 e. The topological polar surface area (TPSA) is 31.4 Å². The zero-order valence-corrected chi connectivity index (χ0v) is 16.0. The van der Waals surface area contributed by atoms with Crippen molar-refractivity contribution in [2.24, 2.45) is 0 Å². The molecule has 4 heteroatoms. The summed E-state index contributed by atoms with van der Waals surface area (Å²) in [5, 5.41) is 1.11. The highest BCUT2D eigenvalue weighted by Gasteiger charge is 2.52. The Labute approximate surface area is 155 Å². The van der Waals surface area contributed by atoms with Gasteiger partial charge in [-0.1, -0.05) is 48.0 Å². The normalized spacial score (nSPS) is 18.4. The fourth-order valence-corrected chi connectivity index (χ4v) is 3.34. The van der Waals surface area contributed by atoms with E-state index >= 15 is 0 Å². The van der Waals surface area contributed by atoms with Crippen LogP contribution >= 0.6 is 0 Å². The van der Waals surface area contributed by atoms with Crippen LogP contribution in [0.1, 0.15) is 33.3 Å². The summed E-state index contributed by atoms with van der Waals surface area (Å²) in [4.78, 5) is 4.66. The lowest BCUT2D eigenvalue weighted by Gasteiger charge is -2.32. The lowest BCUT2D eigenvalue weighted by atomic mass is 9.76. The first-order valence-electron chi connectivity index (χ1n) is 9.09. The van der Waals surface area contributed by atoms with Gasteiger partial charge < -0.3 is 9.31 Å². The quantitative estimate of drug-likeness (QED) is 0.641. The smallest absolute Gasteiger partial charge is 0.399 e. The molecule has 0 radical (unpaired) electrons. The van der Waals surface area contributed by atoms with Crippen molar-refractivity contribution in [3.05, 3.63) is 60.3 Å². The van der Waals surface area contributed by atoms with E-state index in [9.17, 15) is 0 Å². The number of benzene rings is 2. The number of nitrogens with zero attached hydrogens (tertiary/aromatic N) is 1. The predicted octanol–water partition coefficient (Wildman–Crippen LogP) is 4.51. The van der Waals surface area contributed by atoms with Crippen LogP contribution < -0.4 is 5.46 Å². The van der Waals surface area contributed by atoms with Crippen molar-refractivity contribution in [1.82, 2.24) is 4.98 Å². The van der Waals surface area contributed by atoms with Crippen LogP contribution in [0.5, 0.6) is 0 Å². The third kappa shape index (κ3) is 2.74. The Kier molecular flexibility index (Phi) is 3.94. The molecular weight excluding hydrogens is 321 g/mol. The molecule has 0 aliphatic carbocycles. The molecule has 0 N–H and O–H groups in total. The standard InChI is InChI=1S/C22H24BNO2/c1-15-8-10-16(11-9-15)17-12-13-19(20-18(17)7-6-14-24-20)23-25-21(2,3)22(4,5)26-23/h6-14H,1-5H3. The highest BCUT2D eigenvalue weighted by atomic mass is 16.7. The molecule has 1 aliphatic rings. The summed E-state index contributed by atoms with van der Waals surface area (Å²) < 4.78 is 12.5. The number of pyridine rings is 1. The maximum absolute atomic E-state index is 6.26. The summed E-state index contributed by atoms with van der Waals surface area (Å²) >= 11 is 0. The van der Waals surface area contributed by atoms with E-state index in [4.69, 9.17) is 9.31 Å². The molecule has 0 bridgehead atoms. The van der Waals surface area contributed by atoms with E-state index in [-0.39, 0.29) is 11.2 Å². The molecule has 0 atom stereocenters. The van der Waals surface area contributed by atoms with Crippen LogP contribution in [-0.4, -0.2) is 23.3 Å². The molecule has 3 aromatic rings. The van der Waals surface area contributed by atoms with Crippen LogP contribution in [0.3, 0.4) is 0 Å². The van der Waals surface area contributed by atoms with Gasteiger partial charge in [0.15, 0.2) is 0 Å². The molecule has 0 unspecified atom stereocenters. The second-order valence-corrected chi connectivity index (χ2v) is 8.06. The minimum atomic E-state index is -0.413. The van der Waals surface area contributed by atoms with Gasteiger partial charge in [-0.15, -0.1) is 0 Å². The van der Waals surface area contributed by atoms with Gasteiger partial charge in [-0.25, -0.2) is 0 Å². The van der Waals surface area contributed by atoms with Crippen LogP contribution in [0.25, 0.3) is 22.0 Å². The third-order valence-corrected chi connectivity index (χ3v) is 5.67. The Morgan fingerprint density at radius 1 is 0.846 bits per heavy atom. The van der Waals surface area contributed by atoms with Crippen LogP contribution in [0.4, 0.5) is 0 Å². The van der Waals surface area contributed by atoms with E-state index in [1.165, 1.54) is 16.7 Å². The zero-order valence-electron chi connectivity index (χ0n) is 16.0. The predicted molar refractivity (Wildman–Crippen MR) is 108 cm³/mol. The Morgan fingerprint density at radius 2 is 1.50 bits per heavy atom. The van der Waals surface area contributed by atoms with Crippen molar-refractivity contribution in [1.29, 1.82) is 0 Å². The molecule has 0 amide bonds. The van der Waals surface area contributed by atoms with Gasteiger partial charge in [0.25, 0.3) is 0 Å². The first-order valence-corrected chi connectivity index (χ1v) is 9.09. The van der Waals surface area contributed by atoms with Crippen LogP contribution in [0.2, 0.25) is 0 Å². The van der Waals surface area contributed by atoms with Gasteiger partial charge >= 0.3 is 7.12 Å². The monoisotopic (exact) mass is 345 g/mol. The van der Waals surface area contributed by atoms with Gasteiger partial charge in [-0.05, 0) is 51.8 Å². The number of hydrogen-bond donors (Lipinski definition) is 0. The third-order valence-electron chi connectivity index (χ3n) is 5.67. The Balaban J connectivity index is 1.84. The number of hydrogen-bond acceptors (Lipinski definition) is 3. The molecule has 2 aromatic carbocycles. The molecule has 4 rings (SSSR count). The van der Waals surface area contributed by atoms with E-state index in [1.54, 1.807) is 0 Å². The minimum Gasteiger partial charge on any atom is -0.399 e. The average molecular weight is 345 g/mol. The fraction of sp³-hybridized carbons (Fsp3) is 0.318. The van der Waals surface area contributed by atoms with Crippen molar-refractivity contribution in [2.45, 2.75) is 45.8 Å². The molecule has 1 saturated heterocycles.